The summed E-state index contributed by atoms with van der Waals surface area (Å²) in [7, 11) is 0. The number of halogens is 6. The Morgan fingerprint density at radius 1 is 0.947 bits per heavy atom. The van der Waals surface area contributed by atoms with Crippen molar-refractivity contribution >= 4 is 0 Å². The van der Waals surface area contributed by atoms with Crippen LogP contribution in [-0.2, 0) is 0 Å². The Bertz CT molecular complexity index is 402. The van der Waals surface area contributed by atoms with E-state index in [2.05, 4.69) is 0 Å². The van der Waals surface area contributed by atoms with E-state index in [1.54, 1.807) is 20.8 Å². The highest BCUT2D eigenvalue weighted by atomic mass is 19.4. The summed E-state index contributed by atoms with van der Waals surface area (Å²) in [4.78, 5) is 0. The maximum Gasteiger partial charge on any atom is 0.416 e. The highest BCUT2D eigenvalue weighted by Gasteiger charge is 2.48. The van der Waals surface area contributed by atoms with Crippen LogP contribution in [0.3, 0.4) is 0 Å². The summed E-state index contributed by atoms with van der Waals surface area (Å²) < 4.78 is 76.8. The molecule has 0 heterocycles. The maximum atomic E-state index is 12.9. The smallest absolute Gasteiger partial charge is 0.170 e. The van der Waals surface area contributed by atoms with Crippen LogP contribution in [0.15, 0.2) is 23.3 Å². The van der Waals surface area contributed by atoms with Crippen molar-refractivity contribution in [3.05, 3.63) is 23.3 Å². The molecule has 0 aromatic heterocycles. The highest BCUT2D eigenvalue weighted by Crippen LogP contribution is 2.47. The first kappa shape index (κ1) is 16.1. The Morgan fingerprint density at radius 2 is 1.42 bits per heavy atom. The summed E-state index contributed by atoms with van der Waals surface area (Å²) in [6.45, 7) is 6.16. The number of allylic oxidation sites excluding steroid dienone is 4. The summed E-state index contributed by atoms with van der Waals surface area (Å²) >= 11 is 0. The molecular formula is C13H16F6. The molecule has 0 amide bonds. The fourth-order valence-electron chi connectivity index (χ4n) is 2.33. The third-order valence-corrected chi connectivity index (χ3v) is 3.27. The normalized spacial score (nSPS) is 26.0. The van der Waals surface area contributed by atoms with Crippen molar-refractivity contribution in [3.63, 3.8) is 0 Å². The summed E-state index contributed by atoms with van der Waals surface area (Å²) in [5, 5.41) is 0. The van der Waals surface area contributed by atoms with Crippen molar-refractivity contribution in [3.8, 4) is 0 Å². The predicted molar refractivity (Wildman–Crippen MR) is 60.4 cm³/mol. The van der Waals surface area contributed by atoms with E-state index in [0.717, 1.165) is 6.08 Å². The van der Waals surface area contributed by atoms with Crippen LogP contribution in [0.1, 0.15) is 27.7 Å². The molecule has 0 saturated carbocycles. The Kier molecular flexibility index (Phi) is 3.87. The van der Waals surface area contributed by atoms with E-state index in [1.807, 2.05) is 0 Å². The Labute approximate surface area is 108 Å². The van der Waals surface area contributed by atoms with Crippen molar-refractivity contribution in [1.82, 2.24) is 0 Å². The molecule has 0 spiro atoms. The van der Waals surface area contributed by atoms with Crippen LogP contribution < -0.4 is 0 Å². The number of hydrogen-bond donors (Lipinski definition) is 0. The zero-order valence-electron chi connectivity index (χ0n) is 11.1. The Hall–Kier alpha value is -0.940. The van der Waals surface area contributed by atoms with Gasteiger partial charge in [-0.3, -0.25) is 0 Å². The van der Waals surface area contributed by atoms with Crippen LogP contribution in [0.4, 0.5) is 26.3 Å². The lowest BCUT2D eigenvalue weighted by Crippen LogP contribution is -2.35. The van der Waals surface area contributed by atoms with E-state index in [-0.39, 0.29) is 5.57 Å². The number of rotatable bonds is 0. The van der Waals surface area contributed by atoms with Crippen LogP contribution in [0.2, 0.25) is 0 Å². The minimum Gasteiger partial charge on any atom is -0.170 e. The fourth-order valence-corrected chi connectivity index (χ4v) is 2.33. The molecule has 0 bridgehead atoms. The van der Waals surface area contributed by atoms with E-state index in [4.69, 9.17) is 0 Å². The first-order chi connectivity index (χ1) is 8.24. The first-order valence-corrected chi connectivity index (χ1v) is 5.82. The van der Waals surface area contributed by atoms with E-state index in [9.17, 15) is 26.3 Å². The minimum absolute atomic E-state index is 0.171. The lowest BCUT2D eigenvalue weighted by molar-refractivity contribution is -0.172. The van der Waals surface area contributed by atoms with Gasteiger partial charge in [-0.25, -0.2) is 0 Å². The van der Waals surface area contributed by atoms with Crippen LogP contribution in [0.25, 0.3) is 0 Å². The fraction of sp³-hybridized carbons (Fsp3) is 0.692. The summed E-state index contributed by atoms with van der Waals surface area (Å²) in [6.07, 6.45) is -8.30. The van der Waals surface area contributed by atoms with Gasteiger partial charge in [0.25, 0.3) is 0 Å². The molecule has 2 unspecified atom stereocenters. The van der Waals surface area contributed by atoms with Gasteiger partial charge in [-0.05, 0) is 11.3 Å². The Balaban J connectivity index is 3.36. The molecule has 0 nitrogen and oxygen atoms in total. The maximum absolute atomic E-state index is 12.9. The van der Waals surface area contributed by atoms with Gasteiger partial charge in [-0.2, -0.15) is 26.3 Å². The van der Waals surface area contributed by atoms with E-state index in [0.29, 0.717) is 6.08 Å². The second kappa shape index (κ2) is 4.56. The van der Waals surface area contributed by atoms with Gasteiger partial charge in [0.2, 0.25) is 0 Å². The topological polar surface area (TPSA) is 0 Å². The van der Waals surface area contributed by atoms with E-state index >= 15 is 0 Å². The van der Waals surface area contributed by atoms with Gasteiger partial charge < -0.3 is 0 Å². The standard InChI is InChI=1S/C13H16F6/c1-7-9(11(2,3)4)5-8(12(14,15)16)6-10(7)13(17,18)19/h5-7,10H,1-4H3. The quantitative estimate of drug-likeness (QED) is 0.532. The molecule has 1 aliphatic carbocycles. The molecule has 0 radical (unpaired) electrons. The first-order valence-electron chi connectivity index (χ1n) is 5.82. The molecule has 0 fully saturated rings. The van der Waals surface area contributed by atoms with Crippen molar-refractivity contribution in [2.24, 2.45) is 17.3 Å². The SMILES string of the molecule is CC1C(C(C)(C)C)=CC(C(F)(F)F)=CC1C(F)(F)F. The van der Waals surface area contributed by atoms with Crippen molar-refractivity contribution < 1.29 is 26.3 Å². The highest BCUT2D eigenvalue weighted by molar-refractivity contribution is 5.37. The molecule has 1 aliphatic rings. The average Bonchev–Trinajstić information content (AvgIpc) is 2.11. The predicted octanol–water partition coefficient (Wildman–Crippen LogP) is 5.28. The lowest BCUT2D eigenvalue weighted by Gasteiger charge is -2.37. The second-order valence-electron chi connectivity index (χ2n) is 5.83. The number of alkyl halides is 6. The molecule has 6 heteroatoms. The van der Waals surface area contributed by atoms with Crippen molar-refractivity contribution in [2.75, 3.05) is 0 Å². The molecule has 0 aromatic rings. The molecule has 0 aliphatic heterocycles. The zero-order valence-corrected chi connectivity index (χ0v) is 11.1. The summed E-state index contributed by atoms with van der Waals surface area (Å²) in [6, 6.07) is 0. The molecule has 19 heavy (non-hydrogen) atoms. The van der Waals surface area contributed by atoms with Crippen molar-refractivity contribution in [1.29, 1.82) is 0 Å². The average molecular weight is 286 g/mol. The van der Waals surface area contributed by atoms with Gasteiger partial charge in [0.05, 0.1) is 11.5 Å². The molecule has 1 rings (SSSR count). The minimum atomic E-state index is -4.76. The van der Waals surface area contributed by atoms with Gasteiger partial charge in [-0.15, -0.1) is 0 Å². The summed E-state index contributed by atoms with van der Waals surface area (Å²) in [5.74, 6) is -3.09. The van der Waals surface area contributed by atoms with Gasteiger partial charge in [0.1, 0.15) is 0 Å². The lowest BCUT2D eigenvalue weighted by atomic mass is 9.70. The molecule has 0 N–H and O–H groups in total. The van der Waals surface area contributed by atoms with Gasteiger partial charge in [-0.1, -0.05) is 45.4 Å². The largest absolute Gasteiger partial charge is 0.416 e. The number of hydrogen-bond acceptors (Lipinski definition) is 0. The van der Waals surface area contributed by atoms with Crippen molar-refractivity contribution in [2.45, 2.75) is 40.0 Å². The van der Waals surface area contributed by atoms with Gasteiger partial charge in [0, 0.05) is 0 Å². The molecule has 0 saturated heterocycles. The third-order valence-electron chi connectivity index (χ3n) is 3.27. The van der Waals surface area contributed by atoms with Crippen LogP contribution >= 0.6 is 0 Å². The zero-order chi connectivity index (χ0) is 15.2. The molecule has 2 atom stereocenters. The van der Waals surface area contributed by atoms with E-state index in [1.165, 1.54) is 6.92 Å². The monoisotopic (exact) mass is 286 g/mol. The third kappa shape index (κ3) is 3.54. The van der Waals surface area contributed by atoms with E-state index < -0.39 is 35.2 Å². The summed E-state index contributed by atoms with van der Waals surface area (Å²) in [5.41, 5.74) is -1.78. The van der Waals surface area contributed by atoms with Crippen LogP contribution in [0, 0.1) is 17.3 Å². The van der Waals surface area contributed by atoms with Gasteiger partial charge in [0.15, 0.2) is 0 Å². The Morgan fingerprint density at radius 3 is 1.74 bits per heavy atom. The molecular weight excluding hydrogens is 270 g/mol. The molecule has 110 valence electrons. The van der Waals surface area contributed by atoms with Gasteiger partial charge >= 0.3 is 12.4 Å². The van der Waals surface area contributed by atoms with Crippen LogP contribution in [0.5, 0.6) is 0 Å². The van der Waals surface area contributed by atoms with Crippen LogP contribution in [-0.4, -0.2) is 12.4 Å². The second-order valence-corrected chi connectivity index (χ2v) is 5.83. The molecule has 0 aromatic carbocycles.